The monoisotopic (exact) mass is 363 g/mol. The molecule has 0 unspecified atom stereocenters. The molecule has 4 rings (SSSR count). The van der Waals surface area contributed by atoms with Crippen molar-refractivity contribution in [3.63, 3.8) is 0 Å². The highest BCUT2D eigenvalue weighted by Crippen LogP contribution is 2.37. The van der Waals surface area contributed by atoms with Crippen LogP contribution in [0.15, 0.2) is 18.6 Å². The highest BCUT2D eigenvalue weighted by molar-refractivity contribution is 7.89. The van der Waals surface area contributed by atoms with Gasteiger partial charge in [0.15, 0.2) is 0 Å². The van der Waals surface area contributed by atoms with Crippen LogP contribution in [-0.2, 0) is 10.0 Å². The van der Waals surface area contributed by atoms with Gasteiger partial charge in [-0.2, -0.15) is 0 Å². The molecule has 2 saturated carbocycles. The van der Waals surface area contributed by atoms with Gasteiger partial charge in [0.05, 0.1) is 11.1 Å². The molecular formula is C17H25N5O2S. The molecule has 0 aromatic carbocycles. The van der Waals surface area contributed by atoms with Crippen LogP contribution in [0.1, 0.15) is 32.1 Å². The summed E-state index contributed by atoms with van der Waals surface area (Å²) < 4.78 is 26.7. The maximum atomic E-state index is 12.5. The van der Waals surface area contributed by atoms with Crippen LogP contribution >= 0.6 is 0 Å². The summed E-state index contributed by atoms with van der Waals surface area (Å²) in [6, 6.07) is 2.55. The van der Waals surface area contributed by atoms with Crippen LogP contribution in [0.4, 0.5) is 5.82 Å². The maximum absolute atomic E-state index is 12.5. The van der Waals surface area contributed by atoms with E-state index < -0.39 is 10.0 Å². The zero-order valence-corrected chi connectivity index (χ0v) is 15.5. The van der Waals surface area contributed by atoms with Crippen LogP contribution in [0, 0.1) is 5.92 Å². The largest absolute Gasteiger partial charge is 0.356 e. The minimum absolute atomic E-state index is 0.228. The summed E-state index contributed by atoms with van der Waals surface area (Å²) in [5.41, 5.74) is 0.831. The molecule has 7 nitrogen and oxygen atoms in total. The second kappa shape index (κ2) is 6.25. The van der Waals surface area contributed by atoms with E-state index in [4.69, 9.17) is 0 Å². The lowest BCUT2D eigenvalue weighted by molar-refractivity contribution is 0.239. The van der Waals surface area contributed by atoms with Gasteiger partial charge in [0.1, 0.15) is 17.8 Å². The molecule has 136 valence electrons. The van der Waals surface area contributed by atoms with Gasteiger partial charge in [-0.05, 0) is 37.7 Å². The SMILES string of the molecule is CN(c1ncnc2[nH]ccc12)C1CC(CS(=O)(=O)N(C)C2CCC2)C1. The Bertz CT molecular complexity index is 855. The van der Waals surface area contributed by atoms with E-state index in [-0.39, 0.29) is 17.7 Å². The molecule has 2 aromatic heterocycles. The van der Waals surface area contributed by atoms with Crippen LogP contribution in [0.5, 0.6) is 0 Å². The van der Waals surface area contributed by atoms with Gasteiger partial charge in [0.2, 0.25) is 10.0 Å². The quantitative estimate of drug-likeness (QED) is 0.849. The molecule has 1 N–H and O–H groups in total. The average Bonchev–Trinajstić information content (AvgIpc) is 2.96. The summed E-state index contributed by atoms with van der Waals surface area (Å²) in [5.74, 6) is 1.42. The first-order valence-electron chi connectivity index (χ1n) is 8.92. The second-order valence-electron chi connectivity index (χ2n) is 7.42. The van der Waals surface area contributed by atoms with E-state index in [9.17, 15) is 8.42 Å². The number of sulfonamides is 1. The summed E-state index contributed by atoms with van der Waals surface area (Å²) in [7, 11) is 0.638. The summed E-state index contributed by atoms with van der Waals surface area (Å²) in [6.07, 6.45) is 8.38. The van der Waals surface area contributed by atoms with Crippen LogP contribution in [0.3, 0.4) is 0 Å². The smallest absolute Gasteiger partial charge is 0.214 e. The molecule has 2 aliphatic rings. The molecule has 2 aliphatic carbocycles. The fourth-order valence-electron chi connectivity index (χ4n) is 3.86. The average molecular weight is 363 g/mol. The van der Waals surface area contributed by atoms with E-state index in [1.807, 2.05) is 19.3 Å². The third kappa shape index (κ3) is 3.01. The molecule has 0 amide bonds. The summed E-state index contributed by atoms with van der Waals surface area (Å²) in [4.78, 5) is 13.9. The Balaban J connectivity index is 1.38. The fourth-order valence-corrected chi connectivity index (χ4v) is 5.63. The zero-order chi connectivity index (χ0) is 17.6. The number of hydrogen-bond donors (Lipinski definition) is 1. The number of nitrogens with one attached hydrogen (secondary N) is 1. The summed E-state index contributed by atoms with van der Waals surface area (Å²) >= 11 is 0. The molecule has 0 atom stereocenters. The van der Waals surface area contributed by atoms with Crippen molar-refractivity contribution >= 4 is 26.9 Å². The van der Waals surface area contributed by atoms with Crippen LogP contribution in [-0.4, -0.2) is 59.6 Å². The Morgan fingerprint density at radius 3 is 2.64 bits per heavy atom. The molecule has 8 heteroatoms. The Kier molecular flexibility index (Phi) is 4.19. The highest BCUT2D eigenvalue weighted by atomic mass is 32.2. The molecule has 2 aromatic rings. The Morgan fingerprint density at radius 2 is 1.96 bits per heavy atom. The van der Waals surface area contributed by atoms with Gasteiger partial charge >= 0.3 is 0 Å². The summed E-state index contributed by atoms with van der Waals surface area (Å²) in [6.45, 7) is 0. The fraction of sp³-hybridized carbons (Fsp3) is 0.647. The van der Waals surface area contributed by atoms with E-state index in [0.29, 0.717) is 6.04 Å². The molecule has 0 radical (unpaired) electrons. The molecule has 2 fully saturated rings. The number of nitrogens with zero attached hydrogens (tertiary/aromatic N) is 4. The van der Waals surface area contributed by atoms with Gasteiger partial charge in [-0.3, -0.25) is 0 Å². The van der Waals surface area contributed by atoms with E-state index in [1.54, 1.807) is 17.7 Å². The third-order valence-corrected chi connectivity index (χ3v) is 7.97. The van der Waals surface area contributed by atoms with Crippen molar-refractivity contribution in [3.05, 3.63) is 18.6 Å². The maximum Gasteiger partial charge on any atom is 0.214 e. The zero-order valence-electron chi connectivity index (χ0n) is 14.7. The van der Waals surface area contributed by atoms with Crippen molar-refractivity contribution in [2.24, 2.45) is 5.92 Å². The first kappa shape index (κ1) is 16.8. The van der Waals surface area contributed by atoms with Gasteiger partial charge < -0.3 is 9.88 Å². The van der Waals surface area contributed by atoms with Crippen molar-refractivity contribution in [3.8, 4) is 0 Å². The van der Waals surface area contributed by atoms with Crippen LogP contribution < -0.4 is 4.90 Å². The number of hydrogen-bond acceptors (Lipinski definition) is 5. The molecular weight excluding hydrogens is 338 g/mol. The number of rotatable bonds is 6. The summed E-state index contributed by atoms with van der Waals surface area (Å²) in [5, 5.41) is 1.01. The van der Waals surface area contributed by atoms with Crippen molar-refractivity contribution < 1.29 is 8.42 Å². The normalized spacial score (nSPS) is 24.3. The lowest BCUT2D eigenvalue weighted by atomic mass is 9.81. The first-order valence-corrected chi connectivity index (χ1v) is 10.5. The lowest BCUT2D eigenvalue weighted by Gasteiger charge is -2.43. The van der Waals surface area contributed by atoms with E-state index in [1.165, 1.54) is 0 Å². The van der Waals surface area contributed by atoms with Crippen molar-refractivity contribution in [1.29, 1.82) is 0 Å². The number of aromatic amines is 1. The van der Waals surface area contributed by atoms with Crippen molar-refractivity contribution in [2.45, 2.75) is 44.2 Å². The topological polar surface area (TPSA) is 82.2 Å². The van der Waals surface area contributed by atoms with Gasteiger partial charge in [-0.1, -0.05) is 6.42 Å². The van der Waals surface area contributed by atoms with Crippen LogP contribution in [0.25, 0.3) is 11.0 Å². The Hall–Kier alpha value is -1.67. The molecule has 0 saturated heterocycles. The van der Waals surface area contributed by atoms with Crippen LogP contribution in [0.2, 0.25) is 0 Å². The van der Waals surface area contributed by atoms with Gasteiger partial charge in [0, 0.05) is 32.4 Å². The van der Waals surface area contributed by atoms with E-state index in [2.05, 4.69) is 19.9 Å². The second-order valence-corrected chi connectivity index (χ2v) is 9.49. The molecule has 2 heterocycles. The van der Waals surface area contributed by atoms with Crippen molar-refractivity contribution in [1.82, 2.24) is 19.3 Å². The molecule has 0 aliphatic heterocycles. The number of anilines is 1. The molecule has 25 heavy (non-hydrogen) atoms. The van der Waals surface area contributed by atoms with Gasteiger partial charge in [0.25, 0.3) is 0 Å². The van der Waals surface area contributed by atoms with Gasteiger partial charge in [-0.25, -0.2) is 22.7 Å². The van der Waals surface area contributed by atoms with Gasteiger partial charge in [-0.15, -0.1) is 0 Å². The Morgan fingerprint density at radius 1 is 1.20 bits per heavy atom. The van der Waals surface area contributed by atoms with Crippen molar-refractivity contribution in [2.75, 3.05) is 24.7 Å². The first-order chi connectivity index (χ1) is 12.0. The Labute approximate surface area is 148 Å². The standard InChI is InChI=1S/C17H25N5O2S/c1-21(17-15-6-7-18-16(15)19-11-20-17)14-8-12(9-14)10-25(23,24)22(2)13-4-3-5-13/h6-7,11-14H,3-5,8-10H2,1-2H3,(H,18,19,20). The number of aromatic nitrogens is 3. The molecule has 0 bridgehead atoms. The van der Waals surface area contributed by atoms with E-state index >= 15 is 0 Å². The van der Waals surface area contributed by atoms with E-state index in [0.717, 1.165) is 49.0 Å². The minimum Gasteiger partial charge on any atom is -0.356 e. The highest BCUT2D eigenvalue weighted by Gasteiger charge is 2.39. The predicted molar refractivity (Wildman–Crippen MR) is 98.0 cm³/mol. The third-order valence-electron chi connectivity index (χ3n) is 5.90. The number of fused-ring (bicyclic) bond motifs is 1. The minimum atomic E-state index is -3.14. The predicted octanol–water partition coefficient (Wildman–Crippen LogP) is 1.99. The molecule has 0 spiro atoms. The number of H-pyrrole nitrogens is 1. The lowest BCUT2D eigenvalue weighted by Crippen LogP contribution is -2.48.